The molecule has 14 heavy (non-hydrogen) atoms. The summed E-state index contributed by atoms with van der Waals surface area (Å²) in [4.78, 5) is 10.8. The van der Waals surface area contributed by atoms with E-state index in [1.165, 1.54) is 0 Å². The number of nitrogens with two attached hydrogens (primary N) is 1. The molecular formula is C9H10N2O3. The van der Waals surface area contributed by atoms with Gasteiger partial charge in [-0.05, 0) is 17.2 Å². The van der Waals surface area contributed by atoms with Crippen LogP contribution in [0.1, 0.15) is 17.2 Å². The van der Waals surface area contributed by atoms with Gasteiger partial charge in [-0.3, -0.25) is 10.1 Å². The van der Waals surface area contributed by atoms with E-state index in [2.05, 4.69) is 5.32 Å². The van der Waals surface area contributed by atoms with Gasteiger partial charge in [0.05, 0.1) is 0 Å². The second-order valence-electron chi connectivity index (χ2n) is 3.23. The highest BCUT2D eigenvalue weighted by molar-refractivity contribution is 5.77. The molecule has 0 aliphatic carbocycles. The summed E-state index contributed by atoms with van der Waals surface area (Å²) in [5.41, 5.74) is 2.88. The molecule has 5 nitrogen and oxygen atoms in total. The van der Waals surface area contributed by atoms with Crippen molar-refractivity contribution in [2.45, 2.75) is 12.6 Å². The zero-order valence-electron chi connectivity index (χ0n) is 7.36. The first-order valence-electron chi connectivity index (χ1n) is 4.26. The normalized spacial score (nSPS) is 19.4. The molecule has 1 aromatic rings. The van der Waals surface area contributed by atoms with E-state index in [1.807, 2.05) is 0 Å². The van der Waals surface area contributed by atoms with Gasteiger partial charge in [-0.1, -0.05) is 6.07 Å². The van der Waals surface area contributed by atoms with Crippen LogP contribution in [-0.2, 0) is 11.3 Å². The zero-order chi connectivity index (χ0) is 10.1. The van der Waals surface area contributed by atoms with Crippen LogP contribution in [-0.4, -0.2) is 11.1 Å². The SMILES string of the molecule is O=C(O)[C@H]1NCc2ccc([NH2+][O-])cc21. The minimum atomic E-state index is -0.910. The molecule has 0 fully saturated rings. The van der Waals surface area contributed by atoms with E-state index < -0.39 is 12.0 Å². The van der Waals surface area contributed by atoms with Crippen LogP contribution in [0.2, 0.25) is 0 Å². The summed E-state index contributed by atoms with van der Waals surface area (Å²) in [5.74, 6) is -0.910. The van der Waals surface area contributed by atoms with Gasteiger partial charge in [-0.2, -0.15) is 0 Å². The van der Waals surface area contributed by atoms with Crippen LogP contribution >= 0.6 is 0 Å². The van der Waals surface area contributed by atoms with E-state index >= 15 is 0 Å². The number of carboxylic acid groups (broad SMARTS) is 1. The quantitative estimate of drug-likeness (QED) is 0.442. The van der Waals surface area contributed by atoms with Crippen molar-refractivity contribution in [1.82, 2.24) is 5.32 Å². The maximum atomic E-state index is 10.8. The number of hydrogen-bond acceptors (Lipinski definition) is 3. The van der Waals surface area contributed by atoms with Crippen LogP contribution in [0.5, 0.6) is 0 Å². The lowest BCUT2D eigenvalue weighted by atomic mass is 10.0. The molecular weight excluding hydrogens is 184 g/mol. The summed E-state index contributed by atoms with van der Waals surface area (Å²) in [6, 6.07) is 4.43. The van der Waals surface area contributed by atoms with Crippen LogP contribution in [0.3, 0.4) is 0 Å². The molecule has 0 radical (unpaired) electrons. The number of aliphatic carboxylic acids is 1. The van der Waals surface area contributed by atoms with Gasteiger partial charge >= 0.3 is 5.97 Å². The Balaban J connectivity index is 2.41. The van der Waals surface area contributed by atoms with Crippen molar-refractivity contribution in [3.05, 3.63) is 34.5 Å². The van der Waals surface area contributed by atoms with Gasteiger partial charge in [0, 0.05) is 12.6 Å². The van der Waals surface area contributed by atoms with Gasteiger partial charge in [0.15, 0.2) is 0 Å². The third-order valence-corrected chi connectivity index (χ3v) is 2.36. The smallest absolute Gasteiger partial charge is 0.325 e. The molecule has 74 valence electrons. The Labute approximate surface area is 80.3 Å². The first-order valence-corrected chi connectivity index (χ1v) is 4.26. The number of fused-ring (bicyclic) bond motifs is 1. The molecule has 2 rings (SSSR count). The number of carbonyl (C=O) groups is 1. The van der Waals surface area contributed by atoms with Gasteiger partial charge in [-0.15, -0.1) is 0 Å². The van der Waals surface area contributed by atoms with E-state index in [1.54, 1.807) is 18.2 Å². The van der Waals surface area contributed by atoms with Gasteiger partial charge in [0.25, 0.3) is 0 Å². The van der Waals surface area contributed by atoms with Crippen LogP contribution in [0.15, 0.2) is 18.2 Å². The Bertz CT molecular complexity index is 378. The van der Waals surface area contributed by atoms with Crippen molar-refractivity contribution in [2.24, 2.45) is 0 Å². The third kappa shape index (κ3) is 1.37. The molecule has 0 amide bonds. The van der Waals surface area contributed by atoms with Crippen LogP contribution in [0, 0.1) is 5.21 Å². The second kappa shape index (κ2) is 3.38. The number of nitrogens with one attached hydrogen (secondary N) is 1. The number of benzene rings is 1. The molecule has 1 aliphatic rings. The molecule has 0 aromatic heterocycles. The van der Waals surface area contributed by atoms with Crippen LogP contribution in [0.4, 0.5) is 5.69 Å². The predicted octanol–water partition coefficient (Wildman–Crippen LogP) is -0.392. The first kappa shape index (κ1) is 9.14. The van der Waals surface area contributed by atoms with Crippen LogP contribution in [0.25, 0.3) is 0 Å². The van der Waals surface area contributed by atoms with E-state index in [0.29, 0.717) is 17.8 Å². The molecule has 0 spiro atoms. The van der Waals surface area contributed by atoms with E-state index in [4.69, 9.17) is 5.11 Å². The summed E-state index contributed by atoms with van der Waals surface area (Å²) in [6.07, 6.45) is 0. The summed E-state index contributed by atoms with van der Waals surface area (Å²) in [5, 5.41) is 22.2. The largest absolute Gasteiger partial charge is 0.630 e. The molecule has 0 unspecified atom stereocenters. The molecule has 1 aromatic carbocycles. The van der Waals surface area contributed by atoms with E-state index in [0.717, 1.165) is 11.0 Å². The van der Waals surface area contributed by atoms with Crippen molar-refractivity contribution >= 4 is 11.7 Å². The van der Waals surface area contributed by atoms with E-state index in [9.17, 15) is 10.0 Å². The number of hydrogen-bond donors (Lipinski definition) is 3. The van der Waals surface area contributed by atoms with Crippen molar-refractivity contribution in [1.29, 1.82) is 0 Å². The lowest BCUT2D eigenvalue weighted by molar-refractivity contribution is -0.497. The monoisotopic (exact) mass is 194 g/mol. The maximum absolute atomic E-state index is 10.8. The lowest BCUT2D eigenvalue weighted by Gasteiger charge is -2.07. The van der Waals surface area contributed by atoms with E-state index in [-0.39, 0.29) is 0 Å². The molecule has 0 saturated heterocycles. The fraction of sp³-hybridized carbons (Fsp3) is 0.222. The predicted molar refractivity (Wildman–Crippen MR) is 48.6 cm³/mol. The van der Waals surface area contributed by atoms with Crippen LogP contribution < -0.4 is 10.8 Å². The Morgan fingerprint density at radius 1 is 1.64 bits per heavy atom. The van der Waals surface area contributed by atoms with Gasteiger partial charge < -0.3 is 15.8 Å². The molecule has 1 aliphatic heterocycles. The molecule has 1 heterocycles. The fourth-order valence-corrected chi connectivity index (χ4v) is 1.66. The first-order chi connectivity index (χ1) is 6.72. The Kier molecular flexibility index (Phi) is 2.20. The van der Waals surface area contributed by atoms with Crippen molar-refractivity contribution in [2.75, 3.05) is 0 Å². The lowest BCUT2D eigenvalue weighted by Crippen LogP contribution is -2.70. The Morgan fingerprint density at radius 2 is 2.43 bits per heavy atom. The molecule has 4 N–H and O–H groups in total. The summed E-state index contributed by atoms with van der Waals surface area (Å²) < 4.78 is 0. The number of carboxylic acids is 1. The summed E-state index contributed by atoms with van der Waals surface area (Å²) in [6.45, 7) is 0.547. The second-order valence-corrected chi connectivity index (χ2v) is 3.23. The molecule has 1 atom stereocenters. The zero-order valence-corrected chi connectivity index (χ0v) is 7.36. The standard InChI is InChI=1S/C9H10N2O3/c12-9(13)8-7-3-6(11-14)2-1-5(7)4-10-8/h1-3,8,10H,4,11H2,(H,12,13)/t8-/m0/s1. The highest BCUT2D eigenvalue weighted by atomic mass is 16.5. The Hall–Kier alpha value is -1.43. The molecule has 5 heteroatoms. The minimum Gasteiger partial charge on any atom is -0.630 e. The Morgan fingerprint density at radius 3 is 3.07 bits per heavy atom. The van der Waals surface area contributed by atoms with Crippen molar-refractivity contribution in [3.63, 3.8) is 0 Å². The third-order valence-electron chi connectivity index (χ3n) is 2.36. The number of rotatable bonds is 2. The highest BCUT2D eigenvalue weighted by Crippen LogP contribution is 2.26. The van der Waals surface area contributed by atoms with Crippen molar-refractivity contribution < 1.29 is 15.4 Å². The highest BCUT2D eigenvalue weighted by Gasteiger charge is 2.28. The summed E-state index contributed by atoms with van der Waals surface area (Å²) >= 11 is 0. The van der Waals surface area contributed by atoms with Gasteiger partial charge in [0.1, 0.15) is 11.7 Å². The average Bonchev–Trinajstić information content (AvgIpc) is 2.59. The topological polar surface area (TPSA) is 89.0 Å². The minimum absolute atomic E-state index is 0.513. The summed E-state index contributed by atoms with van der Waals surface area (Å²) in [7, 11) is 0. The number of quaternary nitrogens is 1. The fourth-order valence-electron chi connectivity index (χ4n) is 1.66. The molecule has 0 bridgehead atoms. The molecule has 0 saturated carbocycles. The van der Waals surface area contributed by atoms with Crippen molar-refractivity contribution in [3.8, 4) is 0 Å². The maximum Gasteiger partial charge on any atom is 0.325 e. The van der Waals surface area contributed by atoms with Gasteiger partial charge in [0.2, 0.25) is 0 Å². The average molecular weight is 194 g/mol. The van der Waals surface area contributed by atoms with Gasteiger partial charge in [-0.25, -0.2) is 0 Å².